The molecule has 0 bridgehead atoms. The summed E-state index contributed by atoms with van der Waals surface area (Å²) < 4.78 is 9.80. The maximum absolute atomic E-state index is 11.2. The zero-order valence-corrected chi connectivity index (χ0v) is 12.1. The van der Waals surface area contributed by atoms with E-state index in [0.717, 1.165) is 11.3 Å². The number of carbonyl (C=O) groups is 1. The topological polar surface area (TPSA) is 64.8 Å². The monoisotopic (exact) mass is 282 g/mol. The average Bonchev–Trinajstić information content (AvgIpc) is 2.43. The van der Waals surface area contributed by atoms with E-state index in [-0.39, 0.29) is 5.97 Å². The van der Waals surface area contributed by atoms with Crippen molar-refractivity contribution < 1.29 is 14.3 Å². The Bertz CT molecular complexity index is 477. The van der Waals surface area contributed by atoms with Crippen LogP contribution in [0.3, 0.4) is 0 Å². The summed E-state index contributed by atoms with van der Waals surface area (Å²) in [5.41, 5.74) is 7.28. The molecule has 0 unspecified atom stereocenters. The number of carbonyl (C=O) groups excluding carboxylic acids is 1. The highest BCUT2D eigenvalue weighted by Gasteiger charge is 2.12. The summed E-state index contributed by atoms with van der Waals surface area (Å²) in [4.78, 5) is 13.4. The number of nitrogens with zero attached hydrogens (tertiary/aromatic N) is 1. The molecule has 0 radical (unpaired) electrons. The third-order valence-corrected chi connectivity index (χ3v) is 2.98. The third-order valence-electron chi connectivity index (χ3n) is 2.76. The summed E-state index contributed by atoms with van der Waals surface area (Å²) in [6.07, 6.45) is 0.293. The van der Waals surface area contributed by atoms with Crippen LogP contribution < -0.4 is 15.4 Å². The number of methoxy groups -OCH3 is 2. The molecule has 19 heavy (non-hydrogen) atoms. The number of hydrogen-bond donors (Lipinski definition) is 1. The predicted octanol–water partition coefficient (Wildman–Crippen LogP) is 1.33. The number of benzene rings is 1. The van der Waals surface area contributed by atoms with E-state index in [0.29, 0.717) is 23.7 Å². The molecule has 0 spiro atoms. The van der Waals surface area contributed by atoms with E-state index in [1.165, 1.54) is 7.11 Å². The van der Waals surface area contributed by atoms with Gasteiger partial charge < -0.3 is 20.1 Å². The molecular weight excluding hydrogens is 264 g/mol. The van der Waals surface area contributed by atoms with E-state index in [2.05, 4.69) is 4.74 Å². The van der Waals surface area contributed by atoms with Crippen LogP contribution in [0.5, 0.6) is 5.75 Å². The van der Waals surface area contributed by atoms with Gasteiger partial charge in [-0.25, -0.2) is 0 Å². The number of thiocarbonyl (C=S) groups is 1. The van der Waals surface area contributed by atoms with Crippen molar-refractivity contribution in [2.75, 3.05) is 32.7 Å². The van der Waals surface area contributed by atoms with Crippen LogP contribution >= 0.6 is 12.2 Å². The Morgan fingerprint density at radius 1 is 1.42 bits per heavy atom. The van der Waals surface area contributed by atoms with Gasteiger partial charge >= 0.3 is 5.97 Å². The summed E-state index contributed by atoms with van der Waals surface area (Å²) in [5.74, 6) is 0.450. The molecule has 0 saturated carbocycles. The van der Waals surface area contributed by atoms with Gasteiger partial charge in [0.05, 0.1) is 26.3 Å². The lowest BCUT2D eigenvalue weighted by atomic mass is 10.1. The largest absolute Gasteiger partial charge is 0.497 e. The molecule has 2 N–H and O–H groups in total. The number of anilines is 1. The number of hydrogen-bond acceptors (Lipinski definition) is 5. The number of esters is 1. The van der Waals surface area contributed by atoms with Crippen molar-refractivity contribution in [3.63, 3.8) is 0 Å². The van der Waals surface area contributed by atoms with E-state index in [1.807, 2.05) is 24.1 Å². The summed E-state index contributed by atoms with van der Waals surface area (Å²) in [6, 6.07) is 5.45. The molecule has 6 heteroatoms. The smallest absolute Gasteiger partial charge is 0.307 e. The maximum Gasteiger partial charge on any atom is 0.307 e. The molecular formula is C13H18N2O3S. The van der Waals surface area contributed by atoms with E-state index < -0.39 is 0 Å². The Morgan fingerprint density at radius 3 is 2.63 bits per heavy atom. The van der Waals surface area contributed by atoms with Crippen molar-refractivity contribution >= 4 is 28.9 Å². The quantitative estimate of drug-likeness (QED) is 0.627. The molecule has 1 rings (SSSR count). The van der Waals surface area contributed by atoms with Gasteiger partial charge in [0.2, 0.25) is 0 Å². The van der Waals surface area contributed by atoms with Gasteiger partial charge in [0, 0.05) is 25.2 Å². The van der Waals surface area contributed by atoms with E-state index in [4.69, 9.17) is 22.7 Å². The molecule has 0 saturated heterocycles. The van der Waals surface area contributed by atoms with Gasteiger partial charge in [-0.15, -0.1) is 0 Å². The van der Waals surface area contributed by atoms with Crippen molar-refractivity contribution in [2.24, 2.45) is 5.73 Å². The number of nitrogens with two attached hydrogens (primary N) is 1. The van der Waals surface area contributed by atoms with E-state index in [9.17, 15) is 4.79 Å². The van der Waals surface area contributed by atoms with Crippen LogP contribution in [0.25, 0.3) is 0 Å². The van der Waals surface area contributed by atoms with Crippen LogP contribution in [-0.4, -0.2) is 38.8 Å². The van der Waals surface area contributed by atoms with Gasteiger partial charge in [-0.05, 0) is 12.1 Å². The van der Waals surface area contributed by atoms with Gasteiger partial charge in [-0.3, -0.25) is 4.79 Å². The zero-order valence-electron chi connectivity index (χ0n) is 11.3. The maximum atomic E-state index is 11.2. The molecule has 0 amide bonds. The minimum atomic E-state index is -0.258. The first-order chi connectivity index (χ1) is 8.99. The molecule has 104 valence electrons. The fourth-order valence-corrected chi connectivity index (χ4v) is 1.82. The second kappa shape index (κ2) is 6.94. The minimum absolute atomic E-state index is 0.258. The van der Waals surface area contributed by atoms with Gasteiger partial charge in [-0.1, -0.05) is 12.2 Å². The first-order valence-corrected chi connectivity index (χ1v) is 6.16. The summed E-state index contributed by atoms with van der Waals surface area (Å²) in [5, 5.41) is 0. The molecule has 5 nitrogen and oxygen atoms in total. The molecule has 0 aliphatic rings. The summed E-state index contributed by atoms with van der Waals surface area (Å²) >= 11 is 5.03. The lowest BCUT2D eigenvalue weighted by Crippen LogP contribution is -2.25. The normalized spacial score (nSPS) is 9.84. The van der Waals surface area contributed by atoms with Crippen molar-refractivity contribution in [1.82, 2.24) is 0 Å². The number of rotatable bonds is 6. The Balaban J connectivity index is 2.95. The molecule has 0 aromatic heterocycles. The molecule has 0 heterocycles. The highest BCUT2D eigenvalue weighted by atomic mass is 32.1. The summed E-state index contributed by atoms with van der Waals surface area (Å²) in [6.45, 7) is 0.509. The highest BCUT2D eigenvalue weighted by Crippen LogP contribution is 2.25. The van der Waals surface area contributed by atoms with Crippen LogP contribution in [-0.2, 0) is 9.53 Å². The average molecular weight is 282 g/mol. The molecule has 0 fully saturated rings. The first-order valence-electron chi connectivity index (χ1n) is 5.75. The highest BCUT2D eigenvalue weighted by molar-refractivity contribution is 7.80. The standard InChI is InChI=1S/C13H18N2O3S/c1-15(7-6-12(16)18-3)11-8-9(17-2)4-5-10(11)13(14)19/h4-5,8H,6-7H2,1-3H3,(H2,14,19). The fraction of sp³-hybridized carbons (Fsp3) is 0.385. The third kappa shape index (κ3) is 4.10. The summed E-state index contributed by atoms with van der Waals surface area (Å²) in [7, 11) is 4.82. The van der Waals surface area contributed by atoms with Crippen molar-refractivity contribution in [3.05, 3.63) is 23.8 Å². The minimum Gasteiger partial charge on any atom is -0.497 e. The van der Waals surface area contributed by atoms with E-state index >= 15 is 0 Å². The van der Waals surface area contributed by atoms with Crippen molar-refractivity contribution in [1.29, 1.82) is 0 Å². The Labute approximate surface area is 118 Å². The molecule has 0 aliphatic carbocycles. The Morgan fingerprint density at radius 2 is 2.11 bits per heavy atom. The Kier molecular flexibility index (Phi) is 5.57. The fourth-order valence-electron chi connectivity index (χ4n) is 1.64. The van der Waals surface area contributed by atoms with Crippen LogP contribution in [0.4, 0.5) is 5.69 Å². The van der Waals surface area contributed by atoms with Crippen molar-refractivity contribution in [3.8, 4) is 5.75 Å². The van der Waals surface area contributed by atoms with E-state index in [1.54, 1.807) is 13.2 Å². The second-order valence-electron chi connectivity index (χ2n) is 4.00. The van der Waals surface area contributed by atoms with Gasteiger partial charge in [0.15, 0.2) is 0 Å². The SMILES string of the molecule is COC(=O)CCN(C)c1cc(OC)ccc1C(N)=S. The lowest BCUT2D eigenvalue weighted by molar-refractivity contribution is -0.140. The van der Waals surface area contributed by atoms with Crippen LogP contribution in [0.2, 0.25) is 0 Å². The van der Waals surface area contributed by atoms with Gasteiger partial charge in [-0.2, -0.15) is 0 Å². The van der Waals surface area contributed by atoms with Crippen LogP contribution in [0, 0.1) is 0 Å². The molecule has 1 aromatic carbocycles. The lowest BCUT2D eigenvalue weighted by Gasteiger charge is -2.22. The van der Waals surface area contributed by atoms with Gasteiger partial charge in [0.1, 0.15) is 10.7 Å². The van der Waals surface area contributed by atoms with Gasteiger partial charge in [0.25, 0.3) is 0 Å². The predicted molar refractivity (Wildman–Crippen MR) is 78.8 cm³/mol. The van der Waals surface area contributed by atoms with Crippen LogP contribution in [0.1, 0.15) is 12.0 Å². The number of ether oxygens (including phenoxy) is 2. The Hall–Kier alpha value is -1.82. The molecule has 1 aromatic rings. The van der Waals surface area contributed by atoms with Crippen LogP contribution in [0.15, 0.2) is 18.2 Å². The molecule has 0 atom stereocenters. The molecule has 0 aliphatic heterocycles. The zero-order chi connectivity index (χ0) is 14.4. The second-order valence-corrected chi connectivity index (χ2v) is 4.43. The van der Waals surface area contributed by atoms with Crippen molar-refractivity contribution in [2.45, 2.75) is 6.42 Å². The first kappa shape index (κ1) is 15.2.